The molecule has 0 aliphatic carbocycles. The molecule has 2 aromatic rings. The summed E-state index contributed by atoms with van der Waals surface area (Å²) < 4.78 is 10.3. The molecule has 0 atom stereocenters. The molecule has 94 valence electrons. The van der Waals surface area contributed by atoms with Gasteiger partial charge in [0.25, 0.3) is 0 Å². The number of carboxylic acid groups (broad SMARTS) is 1. The predicted molar refractivity (Wildman–Crippen MR) is 64.0 cm³/mol. The van der Waals surface area contributed by atoms with Crippen LogP contribution in [0.15, 0.2) is 28.8 Å². The SMILES string of the molecule is Cc1cc(COc2cc(Cl)ccc2C(=O)O)on1. The van der Waals surface area contributed by atoms with E-state index in [1.165, 1.54) is 18.2 Å². The summed E-state index contributed by atoms with van der Waals surface area (Å²) in [6.07, 6.45) is 0. The lowest BCUT2D eigenvalue weighted by Crippen LogP contribution is -2.03. The first-order valence-corrected chi connectivity index (χ1v) is 5.52. The van der Waals surface area contributed by atoms with Crippen molar-refractivity contribution in [1.29, 1.82) is 0 Å². The van der Waals surface area contributed by atoms with Crippen LogP contribution in [0.5, 0.6) is 5.75 Å². The standard InChI is InChI=1S/C12H10ClNO4/c1-7-4-9(18-14-7)6-17-11-5-8(13)2-3-10(11)12(15)16/h2-5H,6H2,1H3,(H,15,16). The molecule has 0 saturated heterocycles. The average Bonchev–Trinajstić information content (AvgIpc) is 2.72. The highest BCUT2D eigenvalue weighted by atomic mass is 35.5. The molecule has 0 bridgehead atoms. The highest BCUT2D eigenvalue weighted by molar-refractivity contribution is 6.30. The van der Waals surface area contributed by atoms with E-state index in [1.54, 1.807) is 13.0 Å². The quantitative estimate of drug-likeness (QED) is 0.922. The van der Waals surface area contributed by atoms with Crippen LogP contribution in [-0.2, 0) is 6.61 Å². The topological polar surface area (TPSA) is 72.6 Å². The fourth-order valence-electron chi connectivity index (χ4n) is 1.43. The van der Waals surface area contributed by atoms with Gasteiger partial charge in [0.1, 0.15) is 17.9 Å². The van der Waals surface area contributed by atoms with E-state index in [-0.39, 0.29) is 17.9 Å². The summed E-state index contributed by atoms with van der Waals surface area (Å²) in [6.45, 7) is 1.89. The van der Waals surface area contributed by atoms with E-state index in [2.05, 4.69) is 5.16 Å². The third kappa shape index (κ3) is 2.81. The van der Waals surface area contributed by atoms with E-state index < -0.39 is 5.97 Å². The largest absolute Gasteiger partial charge is 0.485 e. The molecule has 0 fully saturated rings. The van der Waals surface area contributed by atoms with Crippen molar-refractivity contribution < 1.29 is 19.2 Å². The lowest BCUT2D eigenvalue weighted by atomic mass is 10.2. The Morgan fingerprint density at radius 2 is 2.28 bits per heavy atom. The summed E-state index contributed by atoms with van der Waals surface area (Å²) in [5.41, 5.74) is 0.786. The van der Waals surface area contributed by atoms with E-state index in [0.29, 0.717) is 10.8 Å². The second-order valence-electron chi connectivity index (χ2n) is 3.67. The van der Waals surface area contributed by atoms with E-state index in [0.717, 1.165) is 5.69 Å². The van der Waals surface area contributed by atoms with Crippen LogP contribution in [0.3, 0.4) is 0 Å². The average molecular weight is 268 g/mol. The van der Waals surface area contributed by atoms with Crippen molar-refractivity contribution in [2.24, 2.45) is 0 Å². The molecule has 0 spiro atoms. The molecule has 1 aromatic heterocycles. The van der Waals surface area contributed by atoms with Crippen molar-refractivity contribution in [2.75, 3.05) is 0 Å². The van der Waals surface area contributed by atoms with Crippen molar-refractivity contribution in [3.8, 4) is 5.75 Å². The number of carboxylic acids is 1. The first-order chi connectivity index (χ1) is 8.56. The number of benzene rings is 1. The lowest BCUT2D eigenvalue weighted by Gasteiger charge is -2.07. The van der Waals surface area contributed by atoms with Crippen molar-refractivity contribution in [1.82, 2.24) is 5.16 Å². The van der Waals surface area contributed by atoms with Crippen LogP contribution in [0.1, 0.15) is 21.8 Å². The number of hydrogen-bond acceptors (Lipinski definition) is 4. The smallest absolute Gasteiger partial charge is 0.339 e. The van der Waals surface area contributed by atoms with Crippen LogP contribution in [0.4, 0.5) is 0 Å². The van der Waals surface area contributed by atoms with Crippen molar-refractivity contribution in [2.45, 2.75) is 13.5 Å². The maximum absolute atomic E-state index is 11.0. The fourth-order valence-corrected chi connectivity index (χ4v) is 1.59. The van der Waals surface area contributed by atoms with Gasteiger partial charge in [-0.2, -0.15) is 0 Å². The zero-order valence-electron chi connectivity index (χ0n) is 9.51. The molecule has 18 heavy (non-hydrogen) atoms. The van der Waals surface area contributed by atoms with Gasteiger partial charge < -0.3 is 14.4 Å². The van der Waals surface area contributed by atoms with Crippen LogP contribution < -0.4 is 4.74 Å². The Kier molecular flexibility index (Phi) is 3.53. The van der Waals surface area contributed by atoms with Gasteiger partial charge in [-0.1, -0.05) is 16.8 Å². The van der Waals surface area contributed by atoms with Crippen LogP contribution in [0.25, 0.3) is 0 Å². The van der Waals surface area contributed by atoms with Gasteiger partial charge in [0.2, 0.25) is 0 Å². The lowest BCUT2D eigenvalue weighted by molar-refractivity contribution is 0.0691. The highest BCUT2D eigenvalue weighted by Crippen LogP contribution is 2.24. The summed E-state index contributed by atoms with van der Waals surface area (Å²) in [6, 6.07) is 6.06. The molecule has 1 N–H and O–H groups in total. The van der Waals surface area contributed by atoms with Crippen LogP contribution in [0, 0.1) is 6.92 Å². The monoisotopic (exact) mass is 267 g/mol. The van der Waals surface area contributed by atoms with Crippen LogP contribution in [0.2, 0.25) is 5.02 Å². The number of rotatable bonds is 4. The minimum absolute atomic E-state index is 0.0515. The molecule has 0 radical (unpaired) electrons. The molecule has 1 heterocycles. The maximum atomic E-state index is 11.0. The number of aromatic nitrogens is 1. The third-order valence-corrected chi connectivity index (χ3v) is 2.46. The number of halogens is 1. The molecular weight excluding hydrogens is 258 g/mol. The van der Waals surface area contributed by atoms with Crippen molar-refractivity contribution in [3.05, 3.63) is 46.3 Å². The molecule has 6 heteroatoms. The Balaban J connectivity index is 2.17. The van der Waals surface area contributed by atoms with Gasteiger partial charge in [-0.05, 0) is 25.1 Å². The normalized spacial score (nSPS) is 10.3. The van der Waals surface area contributed by atoms with Gasteiger partial charge in [0.05, 0.1) is 5.69 Å². The van der Waals surface area contributed by atoms with Crippen molar-refractivity contribution in [3.63, 3.8) is 0 Å². The molecule has 2 rings (SSSR count). The van der Waals surface area contributed by atoms with Gasteiger partial charge in [-0.15, -0.1) is 0 Å². The van der Waals surface area contributed by atoms with Gasteiger partial charge in [-0.25, -0.2) is 4.79 Å². The second kappa shape index (κ2) is 5.10. The van der Waals surface area contributed by atoms with Crippen LogP contribution >= 0.6 is 11.6 Å². The van der Waals surface area contributed by atoms with E-state index >= 15 is 0 Å². The summed E-state index contributed by atoms with van der Waals surface area (Å²) in [5.74, 6) is -0.358. The Bertz CT molecular complexity index is 579. The predicted octanol–water partition coefficient (Wildman–Crippen LogP) is 2.91. The number of carbonyl (C=O) groups is 1. The first-order valence-electron chi connectivity index (χ1n) is 5.14. The second-order valence-corrected chi connectivity index (χ2v) is 4.11. The Labute approximate surface area is 108 Å². The Morgan fingerprint density at radius 1 is 1.50 bits per heavy atom. The molecule has 0 aliphatic heterocycles. The third-order valence-electron chi connectivity index (χ3n) is 2.22. The number of nitrogens with zero attached hydrogens (tertiary/aromatic N) is 1. The molecule has 0 amide bonds. The zero-order valence-corrected chi connectivity index (χ0v) is 10.3. The summed E-state index contributed by atoms with van der Waals surface area (Å²) in [4.78, 5) is 11.0. The number of ether oxygens (including phenoxy) is 1. The number of aryl methyl sites for hydroxylation is 1. The zero-order chi connectivity index (χ0) is 13.1. The number of aromatic carboxylic acids is 1. The van der Waals surface area contributed by atoms with Gasteiger partial charge in [0.15, 0.2) is 5.76 Å². The minimum Gasteiger partial charge on any atom is -0.485 e. The maximum Gasteiger partial charge on any atom is 0.339 e. The summed E-state index contributed by atoms with van der Waals surface area (Å²) >= 11 is 5.80. The molecule has 0 aliphatic rings. The molecule has 5 nitrogen and oxygen atoms in total. The minimum atomic E-state index is -1.07. The molecule has 0 saturated carbocycles. The molecular formula is C12H10ClNO4. The van der Waals surface area contributed by atoms with Crippen LogP contribution in [-0.4, -0.2) is 16.2 Å². The first kappa shape index (κ1) is 12.4. The van der Waals surface area contributed by atoms with Gasteiger partial charge >= 0.3 is 5.97 Å². The number of hydrogen-bond donors (Lipinski definition) is 1. The highest BCUT2D eigenvalue weighted by Gasteiger charge is 2.12. The summed E-state index contributed by atoms with van der Waals surface area (Å²) in [5, 5.41) is 13.1. The Hall–Kier alpha value is -2.01. The van der Waals surface area contributed by atoms with Gasteiger partial charge in [0, 0.05) is 11.1 Å². The summed E-state index contributed by atoms with van der Waals surface area (Å²) in [7, 11) is 0. The Morgan fingerprint density at radius 3 is 2.89 bits per heavy atom. The van der Waals surface area contributed by atoms with E-state index in [1.807, 2.05) is 0 Å². The molecule has 0 unspecified atom stereocenters. The fraction of sp³-hybridized carbons (Fsp3) is 0.167. The molecule has 1 aromatic carbocycles. The van der Waals surface area contributed by atoms with Gasteiger partial charge in [-0.3, -0.25) is 0 Å². The van der Waals surface area contributed by atoms with E-state index in [9.17, 15) is 4.79 Å². The van der Waals surface area contributed by atoms with Crippen molar-refractivity contribution >= 4 is 17.6 Å². The van der Waals surface area contributed by atoms with E-state index in [4.69, 9.17) is 26.0 Å².